The molecule has 7 heteroatoms. The SMILES string of the molecule is CN/N=C/c1cc(OC)c(OC)c([N+](=O)[O-])c1. The minimum atomic E-state index is -0.530. The first kappa shape index (κ1) is 12.8. The van der Waals surface area contributed by atoms with E-state index in [0.717, 1.165) is 0 Å². The van der Waals surface area contributed by atoms with E-state index in [4.69, 9.17) is 9.47 Å². The lowest BCUT2D eigenvalue weighted by molar-refractivity contribution is -0.385. The Morgan fingerprint density at radius 3 is 2.59 bits per heavy atom. The van der Waals surface area contributed by atoms with Gasteiger partial charge in [-0.05, 0) is 6.07 Å². The Morgan fingerprint density at radius 1 is 1.41 bits per heavy atom. The number of nitrogens with zero attached hydrogens (tertiary/aromatic N) is 2. The van der Waals surface area contributed by atoms with Crippen LogP contribution in [0.3, 0.4) is 0 Å². The second-order valence-corrected chi connectivity index (χ2v) is 3.01. The van der Waals surface area contributed by atoms with Gasteiger partial charge in [-0.2, -0.15) is 5.10 Å². The van der Waals surface area contributed by atoms with E-state index >= 15 is 0 Å². The minimum Gasteiger partial charge on any atom is -0.493 e. The van der Waals surface area contributed by atoms with Crippen molar-refractivity contribution >= 4 is 11.9 Å². The van der Waals surface area contributed by atoms with Crippen LogP contribution in [0, 0.1) is 10.1 Å². The molecule has 0 spiro atoms. The highest BCUT2D eigenvalue weighted by atomic mass is 16.6. The molecule has 0 unspecified atom stereocenters. The Morgan fingerprint density at radius 2 is 2.12 bits per heavy atom. The van der Waals surface area contributed by atoms with Gasteiger partial charge in [-0.3, -0.25) is 10.1 Å². The van der Waals surface area contributed by atoms with E-state index in [1.165, 1.54) is 26.5 Å². The molecule has 0 heterocycles. The van der Waals surface area contributed by atoms with Crippen LogP contribution in [0.4, 0.5) is 5.69 Å². The van der Waals surface area contributed by atoms with Crippen LogP contribution >= 0.6 is 0 Å². The molecule has 0 saturated carbocycles. The zero-order chi connectivity index (χ0) is 12.8. The number of hydrogen-bond acceptors (Lipinski definition) is 6. The molecule has 0 amide bonds. The van der Waals surface area contributed by atoms with Gasteiger partial charge in [0.2, 0.25) is 5.75 Å². The molecule has 1 rings (SSSR count). The summed E-state index contributed by atoms with van der Waals surface area (Å²) in [5.74, 6) is 0.387. The third-order valence-electron chi connectivity index (χ3n) is 2.02. The molecule has 0 bridgehead atoms. The fourth-order valence-corrected chi connectivity index (χ4v) is 1.31. The lowest BCUT2D eigenvalue weighted by Crippen LogP contribution is -2.00. The first-order valence-corrected chi connectivity index (χ1v) is 4.74. The van der Waals surface area contributed by atoms with Crippen LogP contribution in [-0.2, 0) is 0 Å². The molecule has 0 aliphatic rings. The normalized spacial score (nSPS) is 10.3. The largest absolute Gasteiger partial charge is 0.493 e. The van der Waals surface area contributed by atoms with Crippen molar-refractivity contribution in [3.05, 3.63) is 27.8 Å². The highest BCUT2D eigenvalue weighted by Gasteiger charge is 2.20. The maximum atomic E-state index is 10.9. The second kappa shape index (κ2) is 5.69. The molecule has 1 aromatic carbocycles. The second-order valence-electron chi connectivity index (χ2n) is 3.01. The van der Waals surface area contributed by atoms with Crippen molar-refractivity contribution < 1.29 is 14.4 Å². The van der Waals surface area contributed by atoms with Gasteiger partial charge in [0.15, 0.2) is 5.75 Å². The van der Waals surface area contributed by atoms with E-state index in [0.29, 0.717) is 11.3 Å². The van der Waals surface area contributed by atoms with Crippen molar-refractivity contribution in [1.29, 1.82) is 0 Å². The number of nitrogens with one attached hydrogen (secondary N) is 1. The first-order chi connectivity index (χ1) is 8.13. The molecule has 0 saturated heterocycles. The van der Waals surface area contributed by atoms with Crippen LogP contribution in [0.2, 0.25) is 0 Å². The van der Waals surface area contributed by atoms with E-state index in [1.54, 1.807) is 13.1 Å². The minimum absolute atomic E-state index is 0.0964. The van der Waals surface area contributed by atoms with Gasteiger partial charge in [0.1, 0.15) is 0 Å². The quantitative estimate of drug-likeness (QED) is 0.473. The molecule has 0 aliphatic carbocycles. The average Bonchev–Trinajstić information content (AvgIpc) is 2.34. The number of nitro groups is 1. The molecule has 1 aromatic rings. The van der Waals surface area contributed by atoms with Gasteiger partial charge in [-0.25, -0.2) is 0 Å². The third kappa shape index (κ3) is 2.83. The smallest absolute Gasteiger partial charge is 0.315 e. The van der Waals surface area contributed by atoms with Gasteiger partial charge < -0.3 is 14.9 Å². The van der Waals surface area contributed by atoms with Crippen molar-refractivity contribution in [2.24, 2.45) is 5.10 Å². The summed E-state index contributed by atoms with van der Waals surface area (Å²) in [6.45, 7) is 0. The fraction of sp³-hybridized carbons (Fsp3) is 0.300. The maximum absolute atomic E-state index is 10.9. The molecular formula is C10H13N3O4. The molecule has 7 nitrogen and oxygen atoms in total. The van der Waals surface area contributed by atoms with Crippen LogP contribution in [0.25, 0.3) is 0 Å². The van der Waals surface area contributed by atoms with Crippen LogP contribution in [-0.4, -0.2) is 32.4 Å². The van der Waals surface area contributed by atoms with Crippen LogP contribution in [0.15, 0.2) is 17.2 Å². The summed E-state index contributed by atoms with van der Waals surface area (Å²) in [7, 11) is 4.40. The van der Waals surface area contributed by atoms with Crippen molar-refractivity contribution in [2.45, 2.75) is 0 Å². The summed E-state index contributed by atoms with van der Waals surface area (Å²) in [5.41, 5.74) is 2.94. The van der Waals surface area contributed by atoms with Gasteiger partial charge >= 0.3 is 5.69 Å². The van der Waals surface area contributed by atoms with Gasteiger partial charge in [0.05, 0.1) is 25.4 Å². The Kier molecular flexibility index (Phi) is 4.27. The van der Waals surface area contributed by atoms with Gasteiger partial charge in [0, 0.05) is 18.7 Å². The van der Waals surface area contributed by atoms with E-state index in [-0.39, 0.29) is 11.4 Å². The number of rotatable bonds is 5. The topological polar surface area (TPSA) is 86.0 Å². The highest BCUT2D eigenvalue weighted by Crippen LogP contribution is 2.37. The molecule has 92 valence electrons. The Balaban J connectivity index is 3.34. The zero-order valence-corrected chi connectivity index (χ0v) is 9.76. The van der Waals surface area contributed by atoms with Crippen molar-refractivity contribution in [2.75, 3.05) is 21.3 Å². The average molecular weight is 239 g/mol. The molecule has 1 N–H and O–H groups in total. The Hall–Kier alpha value is -2.31. The maximum Gasteiger partial charge on any atom is 0.315 e. The first-order valence-electron chi connectivity index (χ1n) is 4.74. The predicted octanol–water partition coefficient (Wildman–Crippen LogP) is 1.17. The third-order valence-corrected chi connectivity index (χ3v) is 2.02. The fourth-order valence-electron chi connectivity index (χ4n) is 1.31. The standard InChI is InChI=1S/C10H13N3O4/c1-11-12-6-7-4-8(13(14)15)10(17-3)9(5-7)16-2/h4-6,11H,1-3H3/b12-6+. The molecule has 0 radical (unpaired) electrons. The Labute approximate surface area is 98.2 Å². The van der Waals surface area contributed by atoms with Gasteiger partial charge in [0.25, 0.3) is 0 Å². The Bertz CT molecular complexity index is 445. The molecule has 0 aromatic heterocycles. The summed E-state index contributed by atoms with van der Waals surface area (Å²) < 4.78 is 10.00. The number of hydrogen-bond donors (Lipinski definition) is 1. The van der Waals surface area contributed by atoms with Crippen LogP contribution in [0.1, 0.15) is 5.56 Å². The number of ether oxygens (including phenoxy) is 2. The van der Waals surface area contributed by atoms with Crippen molar-refractivity contribution in [1.82, 2.24) is 5.43 Å². The summed E-state index contributed by atoms with van der Waals surface area (Å²) in [6.07, 6.45) is 1.45. The summed E-state index contributed by atoms with van der Waals surface area (Å²) >= 11 is 0. The molecular weight excluding hydrogens is 226 g/mol. The molecule has 0 atom stereocenters. The number of methoxy groups -OCH3 is 2. The number of hydrazone groups is 1. The lowest BCUT2D eigenvalue weighted by Gasteiger charge is -2.08. The van der Waals surface area contributed by atoms with E-state index in [1.807, 2.05) is 0 Å². The zero-order valence-electron chi connectivity index (χ0n) is 9.76. The number of nitro benzene ring substituents is 1. The van der Waals surface area contributed by atoms with Crippen LogP contribution in [0.5, 0.6) is 11.5 Å². The number of benzene rings is 1. The van der Waals surface area contributed by atoms with E-state index in [2.05, 4.69) is 10.5 Å². The molecule has 17 heavy (non-hydrogen) atoms. The van der Waals surface area contributed by atoms with Crippen molar-refractivity contribution in [3.63, 3.8) is 0 Å². The van der Waals surface area contributed by atoms with E-state index in [9.17, 15) is 10.1 Å². The summed E-state index contributed by atoms with van der Waals surface area (Å²) in [4.78, 5) is 10.4. The lowest BCUT2D eigenvalue weighted by atomic mass is 10.2. The van der Waals surface area contributed by atoms with Crippen LogP contribution < -0.4 is 14.9 Å². The molecule has 0 fully saturated rings. The summed E-state index contributed by atoms with van der Waals surface area (Å²) in [5, 5.41) is 14.7. The summed E-state index contributed by atoms with van der Waals surface area (Å²) in [6, 6.07) is 2.97. The van der Waals surface area contributed by atoms with Crippen molar-refractivity contribution in [3.8, 4) is 11.5 Å². The highest BCUT2D eigenvalue weighted by molar-refractivity contribution is 5.83. The van der Waals surface area contributed by atoms with Gasteiger partial charge in [-0.1, -0.05) is 0 Å². The van der Waals surface area contributed by atoms with E-state index < -0.39 is 4.92 Å². The predicted molar refractivity (Wildman–Crippen MR) is 62.9 cm³/mol. The molecule has 0 aliphatic heterocycles. The van der Waals surface area contributed by atoms with Gasteiger partial charge in [-0.15, -0.1) is 0 Å². The monoisotopic (exact) mass is 239 g/mol.